The molecule has 0 aliphatic rings. The number of carbonyl (C=O) groups excluding carboxylic acids is 1. The third-order valence-electron chi connectivity index (χ3n) is 2.47. The van der Waals surface area contributed by atoms with E-state index in [0.717, 1.165) is 17.8 Å². The summed E-state index contributed by atoms with van der Waals surface area (Å²) in [5, 5.41) is 17.4. The Morgan fingerprint density at radius 3 is 2.90 bits per heavy atom. The van der Waals surface area contributed by atoms with Gasteiger partial charge in [0.2, 0.25) is 10.0 Å². The van der Waals surface area contributed by atoms with E-state index < -0.39 is 16.0 Å². The molecule has 2 N–H and O–H groups in total. The van der Waals surface area contributed by atoms with Crippen LogP contribution < -0.4 is 5.14 Å². The number of thiophene rings is 1. The minimum Gasteiger partial charge on any atom is -0.454 e. The first kappa shape index (κ1) is 15.5. The van der Waals surface area contributed by atoms with Gasteiger partial charge in [0.05, 0.1) is 5.56 Å². The van der Waals surface area contributed by atoms with Gasteiger partial charge in [0.1, 0.15) is 4.21 Å². The lowest BCUT2D eigenvalue weighted by Crippen LogP contribution is -2.11. The van der Waals surface area contributed by atoms with E-state index in [4.69, 9.17) is 9.88 Å². The van der Waals surface area contributed by atoms with Crippen LogP contribution in [0.3, 0.4) is 0 Å². The van der Waals surface area contributed by atoms with Crippen LogP contribution in [0.5, 0.6) is 0 Å². The van der Waals surface area contributed by atoms with Crippen LogP contribution in [0.15, 0.2) is 15.7 Å². The van der Waals surface area contributed by atoms with Crippen LogP contribution in [-0.2, 0) is 27.9 Å². The molecule has 0 aliphatic heterocycles. The highest BCUT2D eigenvalue weighted by molar-refractivity contribution is 7.91. The van der Waals surface area contributed by atoms with Crippen LogP contribution >= 0.6 is 11.3 Å². The van der Waals surface area contributed by atoms with Crippen LogP contribution in [0.4, 0.5) is 0 Å². The summed E-state index contributed by atoms with van der Waals surface area (Å²) >= 11 is 0.860. The highest BCUT2D eigenvalue weighted by Crippen LogP contribution is 2.19. The number of hydrogen-bond donors (Lipinski definition) is 1. The van der Waals surface area contributed by atoms with Gasteiger partial charge >= 0.3 is 5.97 Å². The van der Waals surface area contributed by atoms with Gasteiger partial charge < -0.3 is 4.74 Å². The van der Waals surface area contributed by atoms with Gasteiger partial charge in [0.25, 0.3) is 0 Å². The van der Waals surface area contributed by atoms with Gasteiger partial charge in [-0.1, -0.05) is 6.92 Å². The predicted octanol–water partition coefficient (Wildman–Crippen LogP) is 0.149. The van der Waals surface area contributed by atoms with Crippen molar-refractivity contribution in [2.45, 2.75) is 30.7 Å². The van der Waals surface area contributed by atoms with Gasteiger partial charge in [0, 0.05) is 11.9 Å². The van der Waals surface area contributed by atoms with E-state index in [9.17, 15) is 13.2 Å². The average molecular weight is 331 g/mol. The van der Waals surface area contributed by atoms with Gasteiger partial charge in [-0.15, -0.1) is 16.4 Å². The normalized spacial score (nSPS) is 11.5. The summed E-state index contributed by atoms with van der Waals surface area (Å²) in [5.74, 6) is -0.237. The fraction of sp³-hybridized carbons (Fsp3) is 0.400. The fourth-order valence-corrected chi connectivity index (χ4v) is 3.07. The number of nitrogens with two attached hydrogens (primary N) is 1. The zero-order chi connectivity index (χ0) is 15.5. The molecule has 0 aromatic carbocycles. The number of primary sulfonamides is 1. The molecule has 0 unspecified atom stereocenters. The maximum Gasteiger partial charge on any atom is 0.339 e. The van der Waals surface area contributed by atoms with Crippen LogP contribution in [0.2, 0.25) is 0 Å². The Kier molecular flexibility index (Phi) is 4.65. The molecule has 0 atom stereocenters. The van der Waals surface area contributed by atoms with E-state index in [2.05, 4.69) is 15.5 Å². The van der Waals surface area contributed by atoms with Crippen molar-refractivity contribution < 1.29 is 17.9 Å². The van der Waals surface area contributed by atoms with Crippen molar-refractivity contribution in [3.63, 3.8) is 0 Å². The Labute approximate surface area is 124 Å². The number of hydrogen-bond acceptors (Lipinski definition) is 8. The van der Waals surface area contributed by atoms with E-state index >= 15 is 0 Å². The predicted molar refractivity (Wildman–Crippen MR) is 72.9 cm³/mol. The Morgan fingerprint density at radius 1 is 1.52 bits per heavy atom. The summed E-state index contributed by atoms with van der Waals surface area (Å²) in [6, 6.07) is 1.18. The number of tetrazole rings is 1. The lowest BCUT2D eigenvalue weighted by atomic mass is 10.3. The summed E-state index contributed by atoms with van der Waals surface area (Å²) in [7, 11) is -3.81. The monoisotopic (exact) mass is 331 g/mol. The number of rotatable bonds is 6. The summed E-state index contributed by atoms with van der Waals surface area (Å²) < 4.78 is 28.8. The lowest BCUT2D eigenvalue weighted by molar-refractivity contribution is 0.0457. The number of sulfonamides is 1. The second-order valence-electron chi connectivity index (χ2n) is 4.09. The Hall–Kier alpha value is -1.85. The smallest absolute Gasteiger partial charge is 0.339 e. The van der Waals surface area contributed by atoms with Crippen LogP contribution in [0.25, 0.3) is 0 Å². The third-order valence-corrected chi connectivity index (χ3v) is 4.85. The van der Waals surface area contributed by atoms with E-state index in [0.29, 0.717) is 12.4 Å². The molecule has 21 heavy (non-hydrogen) atoms. The van der Waals surface area contributed by atoms with Crippen molar-refractivity contribution in [2.24, 2.45) is 5.14 Å². The minimum atomic E-state index is -3.81. The number of ether oxygens (including phenoxy) is 1. The summed E-state index contributed by atoms with van der Waals surface area (Å²) in [4.78, 5) is 11.8. The van der Waals surface area contributed by atoms with Crippen LogP contribution in [-0.4, -0.2) is 34.6 Å². The first-order valence-corrected chi connectivity index (χ1v) is 8.38. The zero-order valence-electron chi connectivity index (χ0n) is 11.1. The second-order valence-corrected chi connectivity index (χ2v) is 6.79. The van der Waals surface area contributed by atoms with Gasteiger partial charge in [-0.25, -0.2) is 23.0 Å². The van der Waals surface area contributed by atoms with Crippen molar-refractivity contribution in [2.75, 3.05) is 0 Å². The van der Waals surface area contributed by atoms with Crippen molar-refractivity contribution in [3.8, 4) is 0 Å². The third kappa shape index (κ3) is 3.83. The number of aromatic nitrogens is 4. The maximum absolute atomic E-state index is 11.8. The summed E-state index contributed by atoms with van der Waals surface area (Å²) in [5.41, 5.74) is 0.124. The van der Waals surface area contributed by atoms with Gasteiger partial charge in [-0.2, -0.15) is 0 Å². The van der Waals surface area contributed by atoms with Gasteiger partial charge in [-0.05, 0) is 22.9 Å². The molecule has 2 heterocycles. The molecule has 114 valence electrons. The Morgan fingerprint density at radius 2 is 2.29 bits per heavy atom. The summed E-state index contributed by atoms with van der Waals surface area (Å²) in [6.07, 6.45) is 0.842. The molecule has 2 aromatic heterocycles. The maximum atomic E-state index is 11.8. The molecule has 0 bridgehead atoms. The van der Waals surface area contributed by atoms with Gasteiger partial charge in [0.15, 0.2) is 12.4 Å². The number of aryl methyl sites for hydroxylation is 1. The standard InChI is InChI=1S/C10H13N5O4S2/c1-2-3-15-8(12-13-14-15)5-19-10(16)7-4-9(20-6-7)21(11,17)18/h4,6H,2-3,5H2,1H3,(H2,11,17,18). The Bertz CT molecular complexity index is 736. The average Bonchev–Trinajstić information content (AvgIpc) is 3.04. The van der Waals surface area contributed by atoms with Crippen LogP contribution in [0, 0.1) is 0 Å². The highest BCUT2D eigenvalue weighted by Gasteiger charge is 2.17. The van der Waals surface area contributed by atoms with Crippen LogP contribution in [0.1, 0.15) is 29.5 Å². The second kappa shape index (κ2) is 6.28. The van der Waals surface area contributed by atoms with E-state index in [1.807, 2.05) is 6.92 Å². The number of carbonyl (C=O) groups is 1. The first-order valence-electron chi connectivity index (χ1n) is 5.95. The topological polar surface area (TPSA) is 130 Å². The molecule has 0 saturated heterocycles. The number of esters is 1. The first-order chi connectivity index (χ1) is 9.91. The lowest BCUT2D eigenvalue weighted by Gasteiger charge is -2.03. The molecule has 2 aromatic rings. The molecule has 0 saturated carbocycles. The van der Waals surface area contributed by atoms with E-state index in [1.165, 1.54) is 16.1 Å². The molecule has 0 aliphatic carbocycles. The fourth-order valence-electron chi connectivity index (χ4n) is 1.50. The molecule has 0 amide bonds. The molecule has 0 spiro atoms. The quantitative estimate of drug-likeness (QED) is 0.745. The van der Waals surface area contributed by atoms with Gasteiger partial charge in [-0.3, -0.25) is 0 Å². The zero-order valence-corrected chi connectivity index (χ0v) is 12.7. The number of nitrogens with zero attached hydrogens (tertiary/aromatic N) is 4. The highest BCUT2D eigenvalue weighted by atomic mass is 32.2. The minimum absolute atomic E-state index is 0.0909. The van der Waals surface area contributed by atoms with E-state index in [1.54, 1.807) is 0 Å². The Balaban J connectivity index is 2.02. The molecule has 2 rings (SSSR count). The van der Waals surface area contributed by atoms with Crippen molar-refractivity contribution >= 4 is 27.3 Å². The molecule has 11 heteroatoms. The van der Waals surface area contributed by atoms with E-state index in [-0.39, 0.29) is 16.4 Å². The van der Waals surface area contributed by atoms with Crippen molar-refractivity contribution in [1.82, 2.24) is 20.2 Å². The molecule has 0 radical (unpaired) electrons. The van der Waals surface area contributed by atoms with Crippen molar-refractivity contribution in [1.29, 1.82) is 0 Å². The van der Waals surface area contributed by atoms with Crippen molar-refractivity contribution in [3.05, 3.63) is 22.8 Å². The molecular weight excluding hydrogens is 318 g/mol. The molecule has 9 nitrogen and oxygen atoms in total. The molecular formula is C10H13N5O4S2. The molecule has 0 fully saturated rings. The SMILES string of the molecule is CCCn1nnnc1COC(=O)c1csc(S(N)(=O)=O)c1. The summed E-state index contributed by atoms with van der Waals surface area (Å²) in [6.45, 7) is 2.50. The largest absolute Gasteiger partial charge is 0.454 e.